The minimum absolute atomic E-state index is 0.124. The van der Waals surface area contributed by atoms with Crippen LogP contribution in [-0.4, -0.2) is 36.0 Å². The number of hydrogen-bond donors (Lipinski definition) is 1. The predicted octanol–water partition coefficient (Wildman–Crippen LogP) is 4.21. The molecule has 3 aromatic rings. The van der Waals surface area contributed by atoms with Gasteiger partial charge in [0.25, 0.3) is 5.91 Å². The van der Waals surface area contributed by atoms with E-state index in [0.29, 0.717) is 17.8 Å². The average molecular weight is 449 g/mol. The minimum Gasteiger partial charge on any atom is -0.480 e. The molecule has 0 unspecified atom stereocenters. The monoisotopic (exact) mass is 448 g/mol. The van der Waals surface area contributed by atoms with Crippen LogP contribution in [0, 0.1) is 6.92 Å². The Morgan fingerprint density at radius 3 is 2.61 bits per heavy atom. The van der Waals surface area contributed by atoms with E-state index in [0.717, 1.165) is 49.0 Å². The van der Waals surface area contributed by atoms with E-state index in [9.17, 15) is 9.59 Å². The third kappa shape index (κ3) is 5.63. The lowest BCUT2D eigenvalue weighted by atomic mass is 10.0. The Kier molecular flexibility index (Phi) is 7.14. The standard InChI is InChI=1S/C27H32N2O4/c1-4-21-16-25(30)33-24-15-18(2)14-23(26(21)24)32-19(3)27(31)28-22-10-12-29(13-11-22)17-20-8-6-5-7-9-20/h5-9,14-16,19,22H,4,10-13,17H2,1-3H3,(H,28,31)/t19-/m1/s1. The quantitative estimate of drug-likeness (QED) is 0.548. The second-order valence-corrected chi connectivity index (χ2v) is 8.89. The van der Waals surface area contributed by atoms with Crippen molar-refractivity contribution in [1.29, 1.82) is 0 Å². The molecule has 1 aliphatic rings. The number of amides is 1. The van der Waals surface area contributed by atoms with Gasteiger partial charge >= 0.3 is 5.63 Å². The highest BCUT2D eigenvalue weighted by Gasteiger charge is 2.24. The van der Waals surface area contributed by atoms with Gasteiger partial charge in [-0.1, -0.05) is 37.3 Å². The van der Waals surface area contributed by atoms with Gasteiger partial charge in [-0.05, 0) is 61.9 Å². The molecule has 1 fully saturated rings. The molecule has 174 valence electrons. The van der Waals surface area contributed by atoms with E-state index in [-0.39, 0.29) is 17.6 Å². The van der Waals surface area contributed by atoms with Gasteiger partial charge in [-0.3, -0.25) is 9.69 Å². The Bertz CT molecular complexity index is 1160. The van der Waals surface area contributed by atoms with Crippen molar-refractivity contribution in [3.63, 3.8) is 0 Å². The van der Waals surface area contributed by atoms with Crippen LogP contribution in [0.3, 0.4) is 0 Å². The summed E-state index contributed by atoms with van der Waals surface area (Å²) < 4.78 is 11.5. The van der Waals surface area contributed by atoms with Crippen molar-refractivity contribution in [3.8, 4) is 5.75 Å². The van der Waals surface area contributed by atoms with Crippen LogP contribution in [0.25, 0.3) is 11.0 Å². The van der Waals surface area contributed by atoms with E-state index in [1.54, 1.807) is 6.92 Å². The van der Waals surface area contributed by atoms with Crippen LogP contribution < -0.4 is 15.7 Å². The number of benzene rings is 2. The van der Waals surface area contributed by atoms with Crippen molar-refractivity contribution in [2.24, 2.45) is 0 Å². The summed E-state index contributed by atoms with van der Waals surface area (Å²) in [5, 5.41) is 3.92. The highest BCUT2D eigenvalue weighted by Crippen LogP contribution is 2.31. The SMILES string of the molecule is CCc1cc(=O)oc2cc(C)cc(O[C@H](C)C(=O)NC3CCN(Cc4ccccc4)CC3)c12. The summed E-state index contributed by atoms with van der Waals surface area (Å²) in [7, 11) is 0. The number of carbonyl (C=O) groups is 1. The largest absolute Gasteiger partial charge is 0.480 e. The first-order chi connectivity index (χ1) is 15.9. The summed E-state index contributed by atoms with van der Waals surface area (Å²) in [6.07, 6.45) is 1.85. The summed E-state index contributed by atoms with van der Waals surface area (Å²) in [5.74, 6) is 0.451. The van der Waals surface area contributed by atoms with Crippen molar-refractivity contribution in [1.82, 2.24) is 10.2 Å². The fourth-order valence-electron chi connectivity index (χ4n) is 4.48. The van der Waals surface area contributed by atoms with Gasteiger partial charge in [0.05, 0.1) is 5.39 Å². The number of rotatable bonds is 7. The maximum Gasteiger partial charge on any atom is 0.336 e. The molecule has 0 spiro atoms. The third-order valence-electron chi connectivity index (χ3n) is 6.27. The van der Waals surface area contributed by atoms with E-state index < -0.39 is 6.10 Å². The number of piperidine rings is 1. The molecule has 0 saturated carbocycles. The molecule has 33 heavy (non-hydrogen) atoms. The first kappa shape index (κ1) is 23.1. The number of fused-ring (bicyclic) bond motifs is 1. The maximum absolute atomic E-state index is 12.9. The Morgan fingerprint density at radius 1 is 1.18 bits per heavy atom. The summed E-state index contributed by atoms with van der Waals surface area (Å²) in [5.41, 5.74) is 3.20. The van der Waals surface area contributed by atoms with Crippen LogP contribution in [0.4, 0.5) is 0 Å². The first-order valence-corrected chi connectivity index (χ1v) is 11.7. The van der Waals surface area contributed by atoms with Gasteiger partial charge < -0.3 is 14.5 Å². The van der Waals surface area contributed by atoms with Crippen LogP contribution in [-0.2, 0) is 17.8 Å². The van der Waals surface area contributed by atoms with Crippen LogP contribution in [0.1, 0.15) is 43.4 Å². The second kappa shape index (κ2) is 10.2. The van der Waals surface area contributed by atoms with Gasteiger partial charge in [-0.15, -0.1) is 0 Å². The van der Waals surface area contributed by atoms with Gasteiger partial charge in [-0.25, -0.2) is 4.79 Å². The Hall–Kier alpha value is -3.12. The fraction of sp³-hybridized carbons (Fsp3) is 0.407. The molecule has 4 rings (SSSR count). The average Bonchev–Trinajstić information content (AvgIpc) is 2.80. The zero-order valence-corrected chi connectivity index (χ0v) is 19.6. The number of ether oxygens (including phenoxy) is 1. The number of nitrogens with one attached hydrogen (secondary N) is 1. The molecule has 0 radical (unpaired) electrons. The fourth-order valence-corrected chi connectivity index (χ4v) is 4.48. The highest BCUT2D eigenvalue weighted by molar-refractivity contribution is 5.88. The molecule has 1 N–H and O–H groups in total. The Balaban J connectivity index is 1.38. The molecule has 6 nitrogen and oxygen atoms in total. The summed E-state index contributed by atoms with van der Waals surface area (Å²) >= 11 is 0. The van der Waals surface area contributed by atoms with Gasteiger partial charge in [0.2, 0.25) is 0 Å². The second-order valence-electron chi connectivity index (χ2n) is 8.89. The van der Waals surface area contributed by atoms with Crippen LogP contribution in [0.5, 0.6) is 5.75 Å². The lowest BCUT2D eigenvalue weighted by molar-refractivity contribution is -0.128. The number of likely N-dealkylation sites (tertiary alicyclic amines) is 1. The molecular formula is C27H32N2O4. The molecule has 0 aliphatic carbocycles. The third-order valence-corrected chi connectivity index (χ3v) is 6.27. The highest BCUT2D eigenvalue weighted by atomic mass is 16.5. The number of hydrogen-bond acceptors (Lipinski definition) is 5. The van der Waals surface area contributed by atoms with Crippen LogP contribution in [0.15, 0.2) is 57.7 Å². The topological polar surface area (TPSA) is 71.8 Å². The summed E-state index contributed by atoms with van der Waals surface area (Å²) in [6, 6.07) is 15.8. The van der Waals surface area contributed by atoms with Gasteiger partial charge in [0, 0.05) is 31.7 Å². The van der Waals surface area contributed by atoms with Crippen LogP contribution >= 0.6 is 0 Å². The molecule has 1 saturated heterocycles. The minimum atomic E-state index is -0.658. The molecular weight excluding hydrogens is 416 g/mol. The molecule has 1 amide bonds. The Morgan fingerprint density at radius 2 is 1.91 bits per heavy atom. The van der Waals surface area contributed by atoms with Crippen molar-refractivity contribution in [2.45, 2.75) is 58.7 Å². The van der Waals surface area contributed by atoms with E-state index in [1.165, 1.54) is 11.6 Å². The predicted molar refractivity (Wildman–Crippen MR) is 130 cm³/mol. The number of carbonyl (C=O) groups excluding carboxylic acids is 1. The molecule has 2 heterocycles. The molecule has 1 atom stereocenters. The van der Waals surface area contributed by atoms with Crippen molar-refractivity contribution < 1.29 is 13.9 Å². The van der Waals surface area contributed by atoms with E-state index in [1.807, 2.05) is 32.0 Å². The van der Waals surface area contributed by atoms with Crippen molar-refractivity contribution in [2.75, 3.05) is 13.1 Å². The first-order valence-electron chi connectivity index (χ1n) is 11.7. The molecule has 1 aromatic heterocycles. The van der Waals surface area contributed by atoms with Gasteiger partial charge in [0.15, 0.2) is 6.10 Å². The zero-order chi connectivity index (χ0) is 23.4. The smallest absolute Gasteiger partial charge is 0.336 e. The van der Waals surface area contributed by atoms with E-state index >= 15 is 0 Å². The summed E-state index contributed by atoms with van der Waals surface area (Å²) in [6.45, 7) is 8.51. The zero-order valence-electron chi connectivity index (χ0n) is 19.6. The van der Waals surface area contributed by atoms with Crippen LogP contribution in [0.2, 0.25) is 0 Å². The lowest BCUT2D eigenvalue weighted by Crippen LogP contribution is -2.47. The summed E-state index contributed by atoms with van der Waals surface area (Å²) in [4.78, 5) is 27.2. The number of aryl methyl sites for hydroxylation is 2. The van der Waals surface area contributed by atoms with Gasteiger partial charge in [-0.2, -0.15) is 0 Å². The Labute approximate surface area is 194 Å². The lowest BCUT2D eigenvalue weighted by Gasteiger charge is -2.33. The molecule has 1 aliphatic heterocycles. The normalized spacial score (nSPS) is 16.0. The van der Waals surface area contributed by atoms with E-state index in [2.05, 4.69) is 34.5 Å². The number of nitrogens with zero attached hydrogens (tertiary/aromatic N) is 1. The van der Waals surface area contributed by atoms with Crippen molar-refractivity contribution in [3.05, 3.63) is 75.6 Å². The molecule has 6 heteroatoms. The van der Waals surface area contributed by atoms with E-state index in [4.69, 9.17) is 9.15 Å². The van der Waals surface area contributed by atoms with Crippen molar-refractivity contribution >= 4 is 16.9 Å². The maximum atomic E-state index is 12.9. The molecule has 2 aromatic carbocycles. The van der Waals surface area contributed by atoms with Gasteiger partial charge in [0.1, 0.15) is 11.3 Å². The molecule has 0 bridgehead atoms.